The average Bonchev–Trinajstić information content (AvgIpc) is 2.53. The number of morpholine rings is 1. The van der Waals surface area contributed by atoms with Crippen molar-refractivity contribution in [3.8, 4) is 5.75 Å². The molecule has 1 unspecified atom stereocenters. The molecular weight excluding hydrogens is 264 g/mol. The van der Waals surface area contributed by atoms with E-state index in [4.69, 9.17) is 9.47 Å². The minimum atomic E-state index is 0.443. The van der Waals surface area contributed by atoms with Gasteiger partial charge >= 0.3 is 0 Å². The van der Waals surface area contributed by atoms with E-state index < -0.39 is 0 Å². The lowest BCUT2D eigenvalue weighted by Crippen LogP contribution is -2.38. The third-order valence-corrected chi connectivity index (χ3v) is 4.42. The molecule has 4 nitrogen and oxygen atoms in total. The number of ether oxygens (including phenoxy) is 2. The Hall–Kier alpha value is -1.10. The van der Waals surface area contributed by atoms with Gasteiger partial charge < -0.3 is 14.8 Å². The van der Waals surface area contributed by atoms with Crippen molar-refractivity contribution in [1.82, 2.24) is 10.2 Å². The number of aryl methyl sites for hydroxylation is 1. The molecule has 21 heavy (non-hydrogen) atoms. The van der Waals surface area contributed by atoms with E-state index in [2.05, 4.69) is 35.3 Å². The zero-order chi connectivity index (χ0) is 14.5. The third kappa shape index (κ3) is 3.76. The van der Waals surface area contributed by atoms with Crippen LogP contribution in [0.25, 0.3) is 0 Å². The van der Waals surface area contributed by atoms with Crippen LogP contribution in [0, 0.1) is 6.92 Å². The molecule has 0 amide bonds. The Bertz CT molecular complexity index is 458. The Morgan fingerprint density at radius 2 is 2.10 bits per heavy atom. The topological polar surface area (TPSA) is 33.7 Å². The molecule has 1 aromatic carbocycles. The first-order valence-corrected chi connectivity index (χ1v) is 8.10. The monoisotopic (exact) mass is 290 g/mol. The molecule has 2 aliphatic rings. The quantitative estimate of drug-likeness (QED) is 0.842. The molecule has 0 bridgehead atoms. The van der Waals surface area contributed by atoms with E-state index >= 15 is 0 Å². The number of fused-ring (bicyclic) bond motifs is 1. The molecule has 3 rings (SSSR count). The van der Waals surface area contributed by atoms with Crippen molar-refractivity contribution in [2.75, 3.05) is 46.0 Å². The van der Waals surface area contributed by atoms with Gasteiger partial charge in [-0.05, 0) is 32.0 Å². The van der Waals surface area contributed by atoms with E-state index in [-0.39, 0.29) is 0 Å². The fourth-order valence-corrected chi connectivity index (χ4v) is 3.20. The zero-order valence-corrected chi connectivity index (χ0v) is 12.9. The van der Waals surface area contributed by atoms with Gasteiger partial charge in [0.05, 0.1) is 19.8 Å². The van der Waals surface area contributed by atoms with Crippen molar-refractivity contribution in [1.29, 1.82) is 0 Å². The van der Waals surface area contributed by atoms with Crippen molar-refractivity contribution >= 4 is 0 Å². The van der Waals surface area contributed by atoms with E-state index in [0.29, 0.717) is 6.04 Å². The first-order chi connectivity index (χ1) is 10.3. The summed E-state index contributed by atoms with van der Waals surface area (Å²) in [4.78, 5) is 2.49. The van der Waals surface area contributed by atoms with Gasteiger partial charge in [-0.2, -0.15) is 0 Å². The second-order valence-corrected chi connectivity index (χ2v) is 5.94. The molecule has 1 fully saturated rings. The third-order valence-electron chi connectivity index (χ3n) is 4.42. The second kappa shape index (κ2) is 7.25. The molecule has 1 N–H and O–H groups in total. The number of nitrogens with zero attached hydrogens (tertiary/aromatic N) is 1. The molecule has 0 radical (unpaired) electrons. The fraction of sp³-hybridized carbons (Fsp3) is 0.647. The average molecular weight is 290 g/mol. The predicted octanol–water partition coefficient (Wildman–Crippen LogP) is 2.13. The van der Waals surface area contributed by atoms with Crippen LogP contribution < -0.4 is 10.1 Å². The molecule has 0 aliphatic carbocycles. The van der Waals surface area contributed by atoms with Crippen LogP contribution in [0.5, 0.6) is 5.75 Å². The van der Waals surface area contributed by atoms with Crippen LogP contribution in [-0.2, 0) is 4.74 Å². The highest BCUT2D eigenvalue weighted by Crippen LogP contribution is 2.34. The maximum Gasteiger partial charge on any atom is 0.126 e. The molecule has 2 heterocycles. The highest BCUT2D eigenvalue weighted by atomic mass is 16.5. The van der Waals surface area contributed by atoms with Crippen LogP contribution in [0.3, 0.4) is 0 Å². The smallest absolute Gasteiger partial charge is 0.126 e. The van der Waals surface area contributed by atoms with E-state index in [0.717, 1.165) is 51.6 Å². The predicted molar refractivity (Wildman–Crippen MR) is 83.9 cm³/mol. The summed E-state index contributed by atoms with van der Waals surface area (Å²) in [5, 5.41) is 3.71. The minimum absolute atomic E-state index is 0.443. The second-order valence-electron chi connectivity index (χ2n) is 5.94. The Morgan fingerprint density at radius 1 is 1.24 bits per heavy atom. The van der Waals surface area contributed by atoms with Gasteiger partial charge in [0.1, 0.15) is 5.75 Å². The lowest BCUT2D eigenvalue weighted by Gasteiger charge is -2.29. The summed E-state index contributed by atoms with van der Waals surface area (Å²) in [5.41, 5.74) is 2.57. The zero-order valence-electron chi connectivity index (χ0n) is 12.9. The lowest BCUT2D eigenvalue weighted by atomic mass is 9.98. The van der Waals surface area contributed by atoms with Crippen LogP contribution in [0.2, 0.25) is 0 Å². The van der Waals surface area contributed by atoms with Gasteiger partial charge in [0, 0.05) is 31.1 Å². The summed E-state index contributed by atoms with van der Waals surface area (Å²) >= 11 is 0. The van der Waals surface area contributed by atoms with Gasteiger partial charge in [0.25, 0.3) is 0 Å². The minimum Gasteiger partial charge on any atom is -0.493 e. The molecular formula is C17H26N2O2. The number of benzene rings is 1. The molecule has 1 aromatic rings. The largest absolute Gasteiger partial charge is 0.493 e. The van der Waals surface area contributed by atoms with Crippen LogP contribution in [0.1, 0.15) is 30.0 Å². The Labute approximate surface area is 127 Å². The van der Waals surface area contributed by atoms with Gasteiger partial charge in [0.15, 0.2) is 0 Å². The number of rotatable bonds is 5. The molecule has 1 saturated heterocycles. The van der Waals surface area contributed by atoms with Crippen LogP contribution in [0.4, 0.5) is 0 Å². The number of nitrogens with one attached hydrogen (secondary N) is 1. The number of para-hydroxylation sites is 1. The number of hydrogen-bond donors (Lipinski definition) is 1. The maximum absolute atomic E-state index is 5.82. The summed E-state index contributed by atoms with van der Waals surface area (Å²) < 4.78 is 11.2. The maximum atomic E-state index is 5.82. The van der Waals surface area contributed by atoms with Gasteiger partial charge in [-0.15, -0.1) is 0 Å². The molecule has 1 atom stereocenters. The van der Waals surface area contributed by atoms with Crippen molar-refractivity contribution in [2.45, 2.75) is 25.8 Å². The molecule has 116 valence electrons. The fourth-order valence-electron chi connectivity index (χ4n) is 3.20. The SMILES string of the molecule is Cc1cccc2c1OCCC2NCCCN1CCOCC1. The van der Waals surface area contributed by atoms with E-state index in [1.165, 1.54) is 24.1 Å². The molecule has 0 aromatic heterocycles. The van der Waals surface area contributed by atoms with E-state index in [1.807, 2.05) is 0 Å². The van der Waals surface area contributed by atoms with Crippen LogP contribution in [0.15, 0.2) is 18.2 Å². The normalized spacial score (nSPS) is 22.6. The van der Waals surface area contributed by atoms with Gasteiger partial charge in [-0.3, -0.25) is 4.90 Å². The lowest BCUT2D eigenvalue weighted by molar-refractivity contribution is 0.0373. The van der Waals surface area contributed by atoms with Crippen molar-refractivity contribution in [2.24, 2.45) is 0 Å². The van der Waals surface area contributed by atoms with Crippen molar-refractivity contribution in [3.05, 3.63) is 29.3 Å². The Balaban J connectivity index is 1.47. The van der Waals surface area contributed by atoms with Crippen molar-refractivity contribution in [3.63, 3.8) is 0 Å². The standard InChI is InChI=1S/C17H26N2O2/c1-14-4-2-5-15-16(6-11-21-17(14)15)18-7-3-8-19-9-12-20-13-10-19/h2,4-5,16,18H,3,6-13H2,1H3. The van der Waals surface area contributed by atoms with Crippen LogP contribution >= 0.6 is 0 Å². The van der Waals surface area contributed by atoms with E-state index in [1.54, 1.807) is 0 Å². The number of hydrogen-bond acceptors (Lipinski definition) is 4. The first kappa shape index (κ1) is 14.8. The molecule has 0 saturated carbocycles. The van der Waals surface area contributed by atoms with Crippen molar-refractivity contribution < 1.29 is 9.47 Å². The summed E-state index contributed by atoms with van der Waals surface area (Å²) in [7, 11) is 0. The highest BCUT2D eigenvalue weighted by molar-refractivity contribution is 5.43. The summed E-state index contributed by atoms with van der Waals surface area (Å²) in [6.07, 6.45) is 2.26. The van der Waals surface area contributed by atoms with E-state index in [9.17, 15) is 0 Å². The summed E-state index contributed by atoms with van der Waals surface area (Å²) in [5.74, 6) is 1.09. The first-order valence-electron chi connectivity index (χ1n) is 8.10. The van der Waals surface area contributed by atoms with Crippen LogP contribution in [-0.4, -0.2) is 50.9 Å². The van der Waals surface area contributed by atoms with Gasteiger partial charge in [0.2, 0.25) is 0 Å². The molecule has 4 heteroatoms. The van der Waals surface area contributed by atoms with Gasteiger partial charge in [-0.25, -0.2) is 0 Å². The highest BCUT2D eigenvalue weighted by Gasteiger charge is 2.21. The summed E-state index contributed by atoms with van der Waals surface area (Å²) in [6.45, 7) is 9.12. The Morgan fingerprint density at radius 3 is 2.95 bits per heavy atom. The van der Waals surface area contributed by atoms with Gasteiger partial charge in [-0.1, -0.05) is 18.2 Å². The molecule has 2 aliphatic heterocycles. The summed E-state index contributed by atoms with van der Waals surface area (Å²) in [6, 6.07) is 6.89. The Kier molecular flexibility index (Phi) is 5.12. The molecule has 0 spiro atoms.